The van der Waals surface area contributed by atoms with Crippen LogP contribution in [0.15, 0.2) is 152 Å². The van der Waals surface area contributed by atoms with Crippen molar-refractivity contribution >= 4 is 75.0 Å². The highest BCUT2D eigenvalue weighted by Crippen LogP contribution is 2.41. The molecule has 0 aliphatic rings. The van der Waals surface area contributed by atoms with Crippen LogP contribution in [-0.2, 0) is 0 Å². The second-order valence-electron chi connectivity index (χ2n) is 11.8. The first-order chi connectivity index (χ1) is 22.8. The van der Waals surface area contributed by atoms with Crippen LogP contribution < -0.4 is 0 Å². The highest BCUT2D eigenvalue weighted by molar-refractivity contribution is 7.26. The minimum atomic E-state index is 0.737. The number of thiophene rings is 1. The number of fused-ring (bicyclic) bond motifs is 9. The molecule has 3 nitrogen and oxygen atoms in total. The maximum atomic E-state index is 5.19. The van der Waals surface area contributed by atoms with E-state index in [0.29, 0.717) is 0 Å². The fraction of sp³-hybridized carbons (Fsp3) is 0. The number of hydrogen-bond donors (Lipinski definition) is 0. The monoisotopic (exact) mass is 603 g/mol. The Labute approximate surface area is 268 Å². The van der Waals surface area contributed by atoms with Crippen molar-refractivity contribution in [2.24, 2.45) is 0 Å². The summed E-state index contributed by atoms with van der Waals surface area (Å²) in [5, 5.41) is 8.73. The summed E-state index contributed by atoms with van der Waals surface area (Å²) in [4.78, 5) is 10.4. The smallest absolute Gasteiger partial charge is 0.160 e. The molecule has 0 aliphatic carbocycles. The van der Waals surface area contributed by atoms with E-state index in [1.165, 1.54) is 53.4 Å². The number of aromatic nitrogens is 3. The minimum absolute atomic E-state index is 0.737. The van der Waals surface area contributed by atoms with Crippen molar-refractivity contribution in [3.8, 4) is 28.3 Å². The molecule has 0 saturated carbocycles. The van der Waals surface area contributed by atoms with Crippen LogP contribution in [0.1, 0.15) is 0 Å². The van der Waals surface area contributed by atoms with Crippen molar-refractivity contribution in [3.63, 3.8) is 0 Å². The Morgan fingerprint density at radius 1 is 0.478 bits per heavy atom. The molecule has 0 fully saturated rings. The quantitative estimate of drug-likeness (QED) is 0.201. The SMILES string of the molecule is c1ccc(-c2nc(-c3ccc(-n4c5cc6ccccc6cc5c5c6ccccc6ccc54)cc3)nc3c2sc2ccccc23)cc1. The number of rotatable bonds is 3. The highest BCUT2D eigenvalue weighted by atomic mass is 32.1. The van der Waals surface area contributed by atoms with Gasteiger partial charge in [-0.1, -0.05) is 103 Å². The lowest BCUT2D eigenvalue weighted by Crippen LogP contribution is -1.96. The topological polar surface area (TPSA) is 30.7 Å². The molecule has 0 atom stereocenters. The Morgan fingerprint density at radius 3 is 2.00 bits per heavy atom. The van der Waals surface area contributed by atoms with Crippen molar-refractivity contribution in [1.29, 1.82) is 0 Å². The molecule has 0 N–H and O–H groups in total. The second-order valence-corrected chi connectivity index (χ2v) is 12.9. The molecule has 0 aliphatic heterocycles. The molecule has 0 bridgehead atoms. The van der Waals surface area contributed by atoms with Crippen molar-refractivity contribution in [3.05, 3.63) is 152 Å². The highest BCUT2D eigenvalue weighted by Gasteiger charge is 2.18. The molecular formula is C42H25N3S. The Morgan fingerprint density at radius 2 is 1.17 bits per heavy atom. The van der Waals surface area contributed by atoms with Crippen LogP contribution in [0.25, 0.3) is 92.0 Å². The van der Waals surface area contributed by atoms with Gasteiger partial charge in [0, 0.05) is 37.7 Å². The van der Waals surface area contributed by atoms with Gasteiger partial charge in [0.1, 0.15) is 0 Å². The van der Waals surface area contributed by atoms with Gasteiger partial charge in [-0.15, -0.1) is 11.3 Å². The van der Waals surface area contributed by atoms with E-state index in [1.807, 2.05) is 6.07 Å². The predicted molar refractivity (Wildman–Crippen MR) is 195 cm³/mol. The molecule has 3 heterocycles. The molecule has 46 heavy (non-hydrogen) atoms. The Bertz CT molecular complexity index is 2790. The standard InChI is InChI=1S/C42H25N3S/c1-2-11-27(12-3-1)39-41-40(33-16-8-9-17-37(33)46-41)44-42(43-39)28-18-21-31(22-19-28)45-35-23-20-26-10-6-7-15-32(26)38(35)34-24-29-13-4-5-14-30(29)25-36(34)45/h1-25H. The lowest BCUT2D eigenvalue weighted by molar-refractivity contribution is 1.18. The fourth-order valence-corrected chi connectivity index (χ4v) is 8.18. The Kier molecular flexibility index (Phi) is 5.45. The molecule has 0 unspecified atom stereocenters. The van der Waals surface area contributed by atoms with Crippen LogP contribution in [-0.4, -0.2) is 14.5 Å². The van der Waals surface area contributed by atoms with E-state index >= 15 is 0 Å². The maximum Gasteiger partial charge on any atom is 0.160 e. The van der Waals surface area contributed by atoms with Crippen LogP contribution in [0.5, 0.6) is 0 Å². The molecule has 3 aromatic heterocycles. The molecule has 0 amide bonds. The fourth-order valence-electron chi connectivity index (χ4n) is 7.02. The van der Waals surface area contributed by atoms with Gasteiger partial charge in [-0.25, -0.2) is 9.97 Å². The van der Waals surface area contributed by atoms with E-state index in [2.05, 4.69) is 150 Å². The van der Waals surface area contributed by atoms with Gasteiger partial charge >= 0.3 is 0 Å². The molecule has 10 aromatic rings. The van der Waals surface area contributed by atoms with Gasteiger partial charge in [0.15, 0.2) is 5.82 Å². The van der Waals surface area contributed by atoms with Gasteiger partial charge in [0.05, 0.1) is 26.9 Å². The summed E-state index contributed by atoms with van der Waals surface area (Å²) in [5.41, 5.74) is 7.59. The number of nitrogens with zero attached hydrogens (tertiary/aromatic N) is 3. The first kappa shape index (κ1) is 25.5. The first-order valence-electron chi connectivity index (χ1n) is 15.5. The van der Waals surface area contributed by atoms with Gasteiger partial charge in [-0.3, -0.25) is 0 Å². The van der Waals surface area contributed by atoms with Crippen LogP contribution in [0.2, 0.25) is 0 Å². The lowest BCUT2D eigenvalue weighted by atomic mass is 10.0. The minimum Gasteiger partial charge on any atom is -0.309 e. The molecule has 0 radical (unpaired) electrons. The summed E-state index contributed by atoms with van der Waals surface area (Å²) in [6, 6.07) is 54.2. The molecule has 4 heteroatoms. The summed E-state index contributed by atoms with van der Waals surface area (Å²) in [5.74, 6) is 0.737. The summed E-state index contributed by atoms with van der Waals surface area (Å²) >= 11 is 1.76. The molecule has 10 rings (SSSR count). The zero-order valence-electron chi connectivity index (χ0n) is 24.7. The average Bonchev–Trinajstić information content (AvgIpc) is 3.66. The summed E-state index contributed by atoms with van der Waals surface area (Å²) < 4.78 is 4.75. The van der Waals surface area contributed by atoms with Gasteiger partial charge < -0.3 is 4.57 Å². The van der Waals surface area contributed by atoms with E-state index in [1.54, 1.807) is 11.3 Å². The zero-order chi connectivity index (χ0) is 30.2. The largest absolute Gasteiger partial charge is 0.309 e. The third-order valence-electron chi connectivity index (χ3n) is 9.17. The first-order valence-corrected chi connectivity index (χ1v) is 16.3. The molecule has 0 spiro atoms. The van der Waals surface area contributed by atoms with E-state index in [4.69, 9.17) is 9.97 Å². The van der Waals surface area contributed by atoms with E-state index in [0.717, 1.165) is 38.5 Å². The third kappa shape index (κ3) is 3.77. The molecule has 0 saturated heterocycles. The number of benzene rings is 7. The average molecular weight is 604 g/mol. The zero-order valence-corrected chi connectivity index (χ0v) is 25.5. The summed E-state index contributed by atoms with van der Waals surface area (Å²) in [6.45, 7) is 0. The van der Waals surface area contributed by atoms with Crippen molar-refractivity contribution in [1.82, 2.24) is 14.5 Å². The van der Waals surface area contributed by atoms with Crippen molar-refractivity contribution in [2.75, 3.05) is 0 Å². The normalized spacial score (nSPS) is 11.9. The van der Waals surface area contributed by atoms with Crippen LogP contribution in [0.3, 0.4) is 0 Å². The molecule has 7 aromatic carbocycles. The van der Waals surface area contributed by atoms with Crippen LogP contribution >= 0.6 is 11.3 Å². The number of hydrogen-bond acceptors (Lipinski definition) is 3. The van der Waals surface area contributed by atoms with Gasteiger partial charge in [-0.05, 0) is 70.1 Å². The van der Waals surface area contributed by atoms with Gasteiger partial charge in [-0.2, -0.15) is 0 Å². The summed E-state index contributed by atoms with van der Waals surface area (Å²) in [6.07, 6.45) is 0. The van der Waals surface area contributed by atoms with Gasteiger partial charge in [0.2, 0.25) is 0 Å². The van der Waals surface area contributed by atoms with E-state index in [-0.39, 0.29) is 0 Å². The maximum absolute atomic E-state index is 5.19. The van der Waals surface area contributed by atoms with E-state index < -0.39 is 0 Å². The van der Waals surface area contributed by atoms with Gasteiger partial charge in [0.25, 0.3) is 0 Å². The predicted octanol–water partition coefficient (Wildman–Crippen LogP) is 11.6. The van der Waals surface area contributed by atoms with E-state index in [9.17, 15) is 0 Å². The van der Waals surface area contributed by atoms with Crippen LogP contribution in [0, 0.1) is 0 Å². The Balaban J connectivity index is 1.20. The van der Waals surface area contributed by atoms with Crippen LogP contribution in [0.4, 0.5) is 0 Å². The molecule has 214 valence electrons. The molecular weight excluding hydrogens is 579 g/mol. The third-order valence-corrected chi connectivity index (χ3v) is 10.3. The van der Waals surface area contributed by atoms with Crippen molar-refractivity contribution < 1.29 is 0 Å². The Hall–Kier alpha value is -5.84. The second kappa shape index (κ2) is 9.83. The lowest BCUT2D eigenvalue weighted by Gasteiger charge is -2.11. The van der Waals surface area contributed by atoms with Crippen molar-refractivity contribution in [2.45, 2.75) is 0 Å². The summed E-state index contributed by atoms with van der Waals surface area (Å²) in [7, 11) is 0.